The molecule has 0 radical (unpaired) electrons. The minimum absolute atomic E-state index is 0.192. The van der Waals surface area contributed by atoms with E-state index in [-0.39, 0.29) is 12.5 Å². The van der Waals surface area contributed by atoms with Crippen molar-refractivity contribution in [3.8, 4) is 17.2 Å². The zero-order valence-corrected chi connectivity index (χ0v) is 19.0. The van der Waals surface area contributed by atoms with Crippen LogP contribution in [0.4, 0.5) is 11.4 Å². The Morgan fingerprint density at radius 3 is 2.39 bits per heavy atom. The molecule has 3 N–H and O–H groups in total. The highest BCUT2D eigenvalue weighted by molar-refractivity contribution is 7.80. The second kappa shape index (κ2) is 12.1. The van der Waals surface area contributed by atoms with Crippen molar-refractivity contribution in [1.82, 2.24) is 5.43 Å². The van der Waals surface area contributed by atoms with Crippen LogP contribution in [-0.4, -0.2) is 38.1 Å². The summed E-state index contributed by atoms with van der Waals surface area (Å²) in [5, 5.41) is 10.3. The first-order valence-corrected chi connectivity index (χ1v) is 10.4. The monoisotopic (exact) mass is 464 g/mol. The van der Waals surface area contributed by atoms with Gasteiger partial charge < -0.3 is 24.8 Å². The quantitative estimate of drug-likeness (QED) is 0.250. The van der Waals surface area contributed by atoms with Gasteiger partial charge in [-0.15, -0.1) is 0 Å². The maximum absolute atomic E-state index is 12.3. The summed E-state index contributed by atoms with van der Waals surface area (Å²) in [5.41, 5.74) is 4.95. The van der Waals surface area contributed by atoms with Gasteiger partial charge in [0, 0.05) is 5.69 Å². The lowest BCUT2D eigenvalue weighted by Crippen LogP contribution is -2.23. The van der Waals surface area contributed by atoms with Crippen molar-refractivity contribution in [2.24, 2.45) is 5.10 Å². The number of methoxy groups -OCH3 is 2. The van der Waals surface area contributed by atoms with Crippen LogP contribution in [0.25, 0.3) is 0 Å². The summed E-state index contributed by atoms with van der Waals surface area (Å²) in [5.74, 6) is 1.14. The van der Waals surface area contributed by atoms with Crippen LogP contribution in [0.2, 0.25) is 0 Å². The van der Waals surface area contributed by atoms with Crippen LogP contribution in [0, 0.1) is 0 Å². The number of hydrazone groups is 1. The van der Waals surface area contributed by atoms with Crippen molar-refractivity contribution in [2.75, 3.05) is 31.5 Å². The van der Waals surface area contributed by atoms with Crippen molar-refractivity contribution in [1.29, 1.82) is 0 Å². The van der Waals surface area contributed by atoms with E-state index < -0.39 is 0 Å². The third kappa shape index (κ3) is 7.22. The standard InChI is InChI=1S/C24H24N4O4S/c1-30-20-11-7-6-10-19(20)27-23(29)16-32-21-13-12-17(14-22(21)31-2)15-25-28-24(33)26-18-8-4-3-5-9-18/h3-15H,16H2,1-2H3,(H,27,29)(H2,26,28,33)/b25-15+. The van der Waals surface area contributed by atoms with E-state index in [0.29, 0.717) is 28.0 Å². The van der Waals surface area contributed by atoms with E-state index >= 15 is 0 Å². The lowest BCUT2D eigenvalue weighted by Gasteiger charge is -2.13. The van der Waals surface area contributed by atoms with Gasteiger partial charge in [-0.05, 0) is 60.2 Å². The highest BCUT2D eigenvalue weighted by atomic mass is 32.1. The number of hydrogen-bond donors (Lipinski definition) is 3. The summed E-state index contributed by atoms with van der Waals surface area (Å²) in [6.45, 7) is -0.192. The second-order valence-electron chi connectivity index (χ2n) is 6.64. The Balaban J connectivity index is 1.54. The van der Waals surface area contributed by atoms with E-state index in [4.69, 9.17) is 26.4 Å². The molecule has 0 aliphatic heterocycles. The highest BCUT2D eigenvalue weighted by Gasteiger charge is 2.10. The lowest BCUT2D eigenvalue weighted by molar-refractivity contribution is -0.118. The summed E-state index contributed by atoms with van der Waals surface area (Å²) >= 11 is 5.22. The molecule has 33 heavy (non-hydrogen) atoms. The van der Waals surface area contributed by atoms with Gasteiger partial charge >= 0.3 is 0 Å². The van der Waals surface area contributed by atoms with Gasteiger partial charge in [0.15, 0.2) is 23.2 Å². The number of nitrogens with zero attached hydrogens (tertiary/aromatic N) is 1. The Bertz CT molecular complexity index is 1120. The Morgan fingerprint density at radius 2 is 1.64 bits per heavy atom. The molecule has 3 rings (SSSR count). The van der Waals surface area contributed by atoms with Crippen LogP contribution in [-0.2, 0) is 4.79 Å². The van der Waals surface area contributed by atoms with Gasteiger partial charge in [0.1, 0.15) is 5.75 Å². The average molecular weight is 465 g/mol. The van der Waals surface area contributed by atoms with Crippen molar-refractivity contribution in [3.63, 3.8) is 0 Å². The number of carbonyl (C=O) groups excluding carboxylic acids is 1. The molecule has 0 aliphatic carbocycles. The zero-order chi connectivity index (χ0) is 23.5. The zero-order valence-electron chi connectivity index (χ0n) is 18.2. The summed E-state index contributed by atoms with van der Waals surface area (Å²) in [4.78, 5) is 12.3. The minimum Gasteiger partial charge on any atom is -0.495 e. The second-order valence-corrected chi connectivity index (χ2v) is 7.05. The fourth-order valence-corrected chi connectivity index (χ4v) is 2.98. The summed E-state index contributed by atoms with van der Waals surface area (Å²) in [6, 6.07) is 21.9. The lowest BCUT2D eigenvalue weighted by atomic mass is 10.2. The molecule has 9 heteroatoms. The minimum atomic E-state index is -0.323. The molecule has 0 bridgehead atoms. The summed E-state index contributed by atoms with van der Waals surface area (Å²) in [6.07, 6.45) is 1.60. The van der Waals surface area contributed by atoms with Gasteiger partial charge in [-0.25, -0.2) is 0 Å². The molecular formula is C24H24N4O4S. The van der Waals surface area contributed by atoms with Crippen LogP contribution in [0.3, 0.4) is 0 Å². The van der Waals surface area contributed by atoms with Crippen molar-refractivity contribution >= 4 is 40.8 Å². The first kappa shape index (κ1) is 23.6. The Labute approximate surface area is 197 Å². The highest BCUT2D eigenvalue weighted by Crippen LogP contribution is 2.28. The van der Waals surface area contributed by atoms with Crippen molar-refractivity contribution < 1.29 is 19.0 Å². The first-order valence-electron chi connectivity index (χ1n) is 9.98. The normalized spacial score (nSPS) is 10.4. The molecule has 0 unspecified atom stereocenters. The summed E-state index contributed by atoms with van der Waals surface area (Å²) < 4.78 is 16.2. The van der Waals surface area contributed by atoms with Gasteiger partial charge in [0.05, 0.1) is 26.1 Å². The third-order valence-corrected chi connectivity index (χ3v) is 4.53. The number of ether oxygens (including phenoxy) is 3. The molecule has 170 valence electrons. The maximum Gasteiger partial charge on any atom is 0.262 e. The number of carbonyl (C=O) groups is 1. The summed E-state index contributed by atoms with van der Waals surface area (Å²) in [7, 11) is 3.06. The number of hydrogen-bond acceptors (Lipinski definition) is 6. The predicted octanol–water partition coefficient (Wildman–Crippen LogP) is 4.04. The Hall–Kier alpha value is -4.11. The molecular weight excluding hydrogens is 440 g/mol. The fourth-order valence-electron chi connectivity index (χ4n) is 2.81. The number of benzene rings is 3. The molecule has 0 heterocycles. The van der Waals surface area contributed by atoms with E-state index in [0.717, 1.165) is 11.3 Å². The molecule has 1 amide bonds. The fraction of sp³-hybridized carbons (Fsp3) is 0.125. The van der Waals surface area contributed by atoms with Crippen LogP contribution in [0.15, 0.2) is 77.9 Å². The van der Waals surface area contributed by atoms with Crippen molar-refractivity contribution in [2.45, 2.75) is 0 Å². The molecule has 0 fully saturated rings. The molecule has 0 spiro atoms. The largest absolute Gasteiger partial charge is 0.495 e. The van der Waals surface area contributed by atoms with E-state index in [1.807, 2.05) is 42.5 Å². The van der Waals surface area contributed by atoms with Crippen LogP contribution in [0.5, 0.6) is 17.2 Å². The molecule has 3 aromatic rings. The van der Waals surface area contributed by atoms with E-state index in [1.165, 1.54) is 7.11 Å². The number of rotatable bonds is 9. The number of thiocarbonyl (C=S) groups is 1. The van der Waals surface area contributed by atoms with E-state index in [9.17, 15) is 4.79 Å². The van der Waals surface area contributed by atoms with Gasteiger partial charge in [-0.1, -0.05) is 30.3 Å². The molecule has 0 saturated heterocycles. The molecule has 8 nitrogen and oxygen atoms in total. The Kier molecular flexibility index (Phi) is 8.61. The molecule has 0 aliphatic rings. The van der Waals surface area contributed by atoms with E-state index in [2.05, 4.69) is 21.2 Å². The number of nitrogens with one attached hydrogen (secondary N) is 3. The third-order valence-electron chi connectivity index (χ3n) is 4.34. The van der Waals surface area contributed by atoms with Crippen LogP contribution >= 0.6 is 12.2 Å². The predicted molar refractivity (Wildman–Crippen MR) is 134 cm³/mol. The van der Waals surface area contributed by atoms with Gasteiger partial charge in [0.2, 0.25) is 0 Å². The number of anilines is 2. The van der Waals surface area contributed by atoms with Crippen LogP contribution in [0.1, 0.15) is 5.56 Å². The maximum atomic E-state index is 12.3. The number of para-hydroxylation sites is 3. The molecule has 0 saturated carbocycles. The van der Waals surface area contributed by atoms with Gasteiger partial charge in [0.25, 0.3) is 5.91 Å². The molecule has 0 atom stereocenters. The SMILES string of the molecule is COc1ccccc1NC(=O)COc1ccc(/C=N/NC(=S)Nc2ccccc2)cc1OC. The van der Waals surface area contributed by atoms with Crippen LogP contribution < -0.4 is 30.3 Å². The molecule has 3 aromatic carbocycles. The van der Waals surface area contributed by atoms with Gasteiger partial charge in [-0.2, -0.15) is 5.10 Å². The van der Waals surface area contributed by atoms with E-state index in [1.54, 1.807) is 43.7 Å². The number of amides is 1. The van der Waals surface area contributed by atoms with Crippen molar-refractivity contribution in [3.05, 3.63) is 78.4 Å². The first-order chi connectivity index (χ1) is 16.1. The van der Waals surface area contributed by atoms with Gasteiger partial charge in [-0.3, -0.25) is 10.2 Å². The average Bonchev–Trinajstić information content (AvgIpc) is 2.84. The smallest absolute Gasteiger partial charge is 0.262 e. The molecule has 0 aromatic heterocycles. The topological polar surface area (TPSA) is 93.2 Å². The Morgan fingerprint density at radius 1 is 0.909 bits per heavy atom.